The highest BCUT2D eigenvalue weighted by Gasteiger charge is 2.13. The number of hydrogen-bond donors (Lipinski definition) is 2. The maximum absolute atomic E-state index is 12.4. The van der Waals surface area contributed by atoms with E-state index in [1.165, 1.54) is 0 Å². The Morgan fingerprint density at radius 1 is 1.13 bits per heavy atom. The van der Waals surface area contributed by atoms with Gasteiger partial charge in [-0.3, -0.25) is 4.79 Å². The lowest BCUT2D eigenvalue weighted by Gasteiger charge is -2.16. The fourth-order valence-electron chi connectivity index (χ4n) is 2.65. The Morgan fingerprint density at radius 2 is 1.83 bits per heavy atom. The van der Waals surface area contributed by atoms with Crippen molar-refractivity contribution < 1.29 is 5.11 Å². The minimum Gasteiger partial charge on any atom is -0.394 e. The molecule has 2 aromatic carbocycles. The number of aliphatic hydroxyl groups is 1. The molecule has 0 saturated carbocycles. The average Bonchev–Trinajstić information content (AvgIpc) is 2.60. The van der Waals surface area contributed by atoms with Crippen LogP contribution in [0.15, 0.2) is 59.4 Å². The molecule has 0 fully saturated rings. The van der Waals surface area contributed by atoms with Crippen LogP contribution in [-0.4, -0.2) is 21.3 Å². The molecule has 0 aliphatic heterocycles. The zero-order valence-corrected chi connectivity index (χ0v) is 12.9. The summed E-state index contributed by atoms with van der Waals surface area (Å²) in [6.45, 7) is 0.259. The van der Waals surface area contributed by atoms with E-state index in [-0.39, 0.29) is 18.2 Å². The third-order valence-electron chi connectivity index (χ3n) is 3.95. The smallest absolute Gasteiger partial charge is 0.273 e. The number of nitrogens with one attached hydrogen (secondary N) is 1. The molecule has 1 atom stereocenters. The Hall–Kier alpha value is -2.50. The van der Waals surface area contributed by atoms with E-state index in [9.17, 15) is 9.90 Å². The average molecular weight is 309 g/mol. The Labute approximate surface area is 134 Å². The SMILES string of the molecule is Cn1c(=O)c(CNC(CO)c2ccccc2)nc2ccccc21. The first-order chi connectivity index (χ1) is 11.2. The van der Waals surface area contributed by atoms with Gasteiger partial charge in [-0.25, -0.2) is 4.98 Å². The number of nitrogens with zero attached hydrogens (tertiary/aromatic N) is 2. The third-order valence-corrected chi connectivity index (χ3v) is 3.95. The van der Waals surface area contributed by atoms with Crippen LogP contribution in [0, 0.1) is 0 Å². The number of rotatable bonds is 5. The zero-order valence-electron chi connectivity index (χ0n) is 12.9. The molecule has 0 saturated heterocycles. The van der Waals surface area contributed by atoms with Gasteiger partial charge in [-0.15, -0.1) is 0 Å². The molecular formula is C18H19N3O2. The van der Waals surface area contributed by atoms with E-state index in [0.29, 0.717) is 12.2 Å². The van der Waals surface area contributed by atoms with Gasteiger partial charge in [-0.05, 0) is 17.7 Å². The van der Waals surface area contributed by atoms with Gasteiger partial charge in [0, 0.05) is 13.6 Å². The van der Waals surface area contributed by atoms with E-state index in [2.05, 4.69) is 10.3 Å². The van der Waals surface area contributed by atoms with Crippen LogP contribution in [0.1, 0.15) is 17.3 Å². The van der Waals surface area contributed by atoms with E-state index in [4.69, 9.17) is 0 Å². The Kier molecular flexibility index (Phi) is 4.50. The van der Waals surface area contributed by atoms with Crippen molar-refractivity contribution in [2.75, 3.05) is 6.61 Å². The van der Waals surface area contributed by atoms with Crippen molar-refractivity contribution in [3.05, 3.63) is 76.2 Å². The van der Waals surface area contributed by atoms with Gasteiger partial charge in [0.2, 0.25) is 0 Å². The highest BCUT2D eigenvalue weighted by atomic mass is 16.3. The second-order valence-corrected chi connectivity index (χ2v) is 5.44. The summed E-state index contributed by atoms with van der Waals surface area (Å²) in [6, 6.07) is 17.0. The van der Waals surface area contributed by atoms with Gasteiger partial charge in [-0.1, -0.05) is 42.5 Å². The normalized spacial score (nSPS) is 12.4. The summed E-state index contributed by atoms with van der Waals surface area (Å²) in [5.74, 6) is 0. The van der Waals surface area contributed by atoms with Crippen LogP contribution in [-0.2, 0) is 13.6 Å². The standard InChI is InChI=1S/C18H19N3O2/c1-21-17-10-6-5-9-14(17)20-15(18(21)23)11-19-16(12-22)13-7-3-2-4-8-13/h2-10,16,19,22H,11-12H2,1H3. The van der Waals surface area contributed by atoms with Crippen molar-refractivity contribution in [3.63, 3.8) is 0 Å². The number of aliphatic hydroxyl groups excluding tert-OH is 1. The van der Waals surface area contributed by atoms with Crippen molar-refractivity contribution in [2.45, 2.75) is 12.6 Å². The lowest BCUT2D eigenvalue weighted by Crippen LogP contribution is -2.30. The molecule has 3 rings (SSSR count). The highest BCUT2D eigenvalue weighted by molar-refractivity contribution is 5.74. The molecule has 5 nitrogen and oxygen atoms in total. The molecule has 1 unspecified atom stereocenters. The third kappa shape index (κ3) is 3.16. The van der Waals surface area contributed by atoms with Crippen molar-refractivity contribution in [3.8, 4) is 0 Å². The molecule has 1 aromatic heterocycles. The molecular weight excluding hydrogens is 290 g/mol. The molecule has 0 aliphatic carbocycles. The van der Waals surface area contributed by atoms with Gasteiger partial charge >= 0.3 is 0 Å². The van der Waals surface area contributed by atoms with Gasteiger partial charge < -0.3 is 15.0 Å². The van der Waals surface area contributed by atoms with Gasteiger partial charge in [0.25, 0.3) is 5.56 Å². The Morgan fingerprint density at radius 3 is 2.57 bits per heavy atom. The van der Waals surface area contributed by atoms with Crippen molar-refractivity contribution >= 4 is 11.0 Å². The molecule has 1 heterocycles. The van der Waals surface area contributed by atoms with Gasteiger partial charge in [0.05, 0.1) is 23.7 Å². The molecule has 3 aromatic rings. The van der Waals surface area contributed by atoms with E-state index in [1.807, 2.05) is 54.6 Å². The lowest BCUT2D eigenvalue weighted by molar-refractivity contribution is 0.243. The summed E-state index contributed by atoms with van der Waals surface area (Å²) in [7, 11) is 1.75. The topological polar surface area (TPSA) is 67.2 Å². The van der Waals surface area contributed by atoms with Crippen molar-refractivity contribution in [1.29, 1.82) is 0 Å². The Bertz CT molecular complexity index is 859. The maximum Gasteiger partial charge on any atom is 0.273 e. The monoisotopic (exact) mass is 309 g/mol. The van der Waals surface area contributed by atoms with Crippen molar-refractivity contribution in [1.82, 2.24) is 14.9 Å². The second-order valence-electron chi connectivity index (χ2n) is 5.44. The second kappa shape index (κ2) is 6.73. The van der Waals surface area contributed by atoms with E-state index in [0.717, 1.165) is 16.6 Å². The van der Waals surface area contributed by atoms with Crippen LogP contribution in [0.3, 0.4) is 0 Å². The summed E-state index contributed by atoms with van der Waals surface area (Å²) < 4.78 is 1.61. The fraction of sp³-hybridized carbons (Fsp3) is 0.222. The molecule has 23 heavy (non-hydrogen) atoms. The summed E-state index contributed by atoms with van der Waals surface area (Å²) in [4.78, 5) is 16.9. The van der Waals surface area contributed by atoms with Gasteiger partial charge in [0.15, 0.2) is 0 Å². The quantitative estimate of drug-likeness (QED) is 0.753. The zero-order chi connectivity index (χ0) is 16.2. The molecule has 2 N–H and O–H groups in total. The number of benzene rings is 2. The van der Waals surface area contributed by atoms with Crippen LogP contribution in [0.2, 0.25) is 0 Å². The molecule has 0 amide bonds. The molecule has 0 bridgehead atoms. The number of hydrogen-bond acceptors (Lipinski definition) is 4. The minimum atomic E-state index is -0.228. The lowest BCUT2D eigenvalue weighted by atomic mass is 10.1. The number of aryl methyl sites for hydroxylation is 1. The first-order valence-electron chi connectivity index (χ1n) is 7.54. The van der Waals surface area contributed by atoms with Gasteiger partial charge in [0.1, 0.15) is 5.69 Å². The van der Waals surface area contributed by atoms with Crippen LogP contribution < -0.4 is 10.9 Å². The van der Waals surface area contributed by atoms with E-state index in [1.54, 1.807) is 11.6 Å². The summed E-state index contributed by atoms with van der Waals surface area (Å²) in [5, 5.41) is 12.8. The van der Waals surface area contributed by atoms with Crippen LogP contribution in [0.25, 0.3) is 11.0 Å². The van der Waals surface area contributed by atoms with Crippen LogP contribution in [0.4, 0.5) is 0 Å². The molecule has 0 aliphatic rings. The molecule has 118 valence electrons. The maximum atomic E-state index is 12.4. The molecule has 0 radical (unpaired) electrons. The minimum absolute atomic E-state index is 0.0437. The van der Waals surface area contributed by atoms with E-state index < -0.39 is 0 Å². The van der Waals surface area contributed by atoms with Crippen LogP contribution >= 0.6 is 0 Å². The molecule has 5 heteroatoms. The number of para-hydroxylation sites is 2. The Balaban J connectivity index is 1.87. The summed E-state index contributed by atoms with van der Waals surface area (Å²) in [6.07, 6.45) is 0. The molecule has 0 spiro atoms. The summed E-state index contributed by atoms with van der Waals surface area (Å²) >= 11 is 0. The first-order valence-corrected chi connectivity index (χ1v) is 7.54. The highest BCUT2D eigenvalue weighted by Crippen LogP contribution is 2.13. The predicted octanol–water partition coefficient (Wildman–Crippen LogP) is 1.76. The van der Waals surface area contributed by atoms with Gasteiger partial charge in [-0.2, -0.15) is 0 Å². The number of aromatic nitrogens is 2. The van der Waals surface area contributed by atoms with Crippen LogP contribution in [0.5, 0.6) is 0 Å². The van der Waals surface area contributed by atoms with E-state index >= 15 is 0 Å². The van der Waals surface area contributed by atoms with Crippen molar-refractivity contribution in [2.24, 2.45) is 7.05 Å². The first kappa shape index (κ1) is 15.4. The predicted molar refractivity (Wildman–Crippen MR) is 90.1 cm³/mol. The fourth-order valence-corrected chi connectivity index (χ4v) is 2.65. The summed E-state index contributed by atoms with van der Waals surface area (Å²) in [5.41, 5.74) is 2.89. The number of fused-ring (bicyclic) bond motifs is 1. The largest absolute Gasteiger partial charge is 0.394 e.